The van der Waals surface area contributed by atoms with Crippen molar-refractivity contribution in [1.29, 1.82) is 0 Å². The van der Waals surface area contributed by atoms with E-state index in [-0.39, 0.29) is 18.2 Å². The summed E-state index contributed by atoms with van der Waals surface area (Å²) in [7, 11) is 1.52. The number of hydrogen-bond acceptors (Lipinski definition) is 4. The molecule has 0 aliphatic heterocycles. The van der Waals surface area contributed by atoms with Gasteiger partial charge in [-0.05, 0) is 36.0 Å². The Morgan fingerprint density at radius 1 is 1.23 bits per heavy atom. The molecule has 4 nitrogen and oxygen atoms in total. The Kier molecular flexibility index (Phi) is 3.81. The monoisotopic (exact) mass is 299 g/mol. The molecule has 1 aliphatic rings. The van der Waals surface area contributed by atoms with Crippen LogP contribution in [0.3, 0.4) is 0 Å². The van der Waals surface area contributed by atoms with Gasteiger partial charge < -0.3 is 20.7 Å². The van der Waals surface area contributed by atoms with Crippen LogP contribution < -0.4 is 10.5 Å². The molecule has 2 aromatic rings. The molecule has 0 saturated heterocycles. The van der Waals surface area contributed by atoms with Gasteiger partial charge in [-0.15, -0.1) is 0 Å². The maximum Gasteiger partial charge on any atom is 0.161 e. The molecule has 0 heterocycles. The van der Waals surface area contributed by atoms with Crippen LogP contribution in [-0.4, -0.2) is 23.9 Å². The number of hydrogen-bond donors (Lipinski definition) is 3. The highest BCUT2D eigenvalue weighted by Crippen LogP contribution is 2.47. The topological polar surface area (TPSA) is 75.7 Å². The molecule has 0 radical (unpaired) electrons. The van der Waals surface area contributed by atoms with Crippen LogP contribution in [0.15, 0.2) is 42.5 Å². The van der Waals surface area contributed by atoms with E-state index in [9.17, 15) is 10.2 Å². The highest BCUT2D eigenvalue weighted by molar-refractivity contribution is 5.54. The van der Waals surface area contributed by atoms with E-state index in [1.54, 1.807) is 6.07 Å². The lowest BCUT2D eigenvalue weighted by atomic mass is 9.71. The highest BCUT2D eigenvalue weighted by atomic mass is 16.5. The van der Waals surface area contributed by atoms with E-state index in [0.717, 1.165) is 11.1 Å². The Balaban J connectivity index is 2.10. The molecule has 116 valence electrons. The van der Waals surface area contributed by atoms with Gasteiger partial charge in [0.05, 0.1) is 7.11 Å². The van der Waals surface area contributed by atoms with Gasteiger partial charge in [0, 0.05) is 12.1 Å². The van der Waals surface area contributed by atoms with Gasteiger partial charge in [-0.1, -0.05) is 36.4 Å². The number of phenolic OH excluding ortho intramolecular Hbond substituents is 1. The molecule has 4 heteroatoms. The number of phenols is 1. The van der Waals surface area contributed by atoms with Gasteiger partial charge in [-0.3, -0.25) is 0 Å². The van der Waals surface area contributed by atoms with Crippen LogP contribution in [-0.2, 0) is 12.0 Å². The third kappa shape index (κ3) is 2.34. The van der Waals surface area contributed by atoms with Crippen LogP contribution in [0.25, 0.3) is 0 Å². The Morgan fingerprint density at radius 3 is 2.59 bits per heavy atom. The average Bonchev–Trinajstić information content (AvgIpc) is 2.56. The van der Waals surface area contributed by atoms with E-state index >= 15 is 0 Å². The normalized spacial score (nSPS) is 23.9. The van der Waals surface area contributed by atoms with Crippen molar-refractivity contribution in [3.8, 4) is 11.5 Å². The fourth-order valence-electron chi connectivity index (χ4n) is 3.41. The predicted octanol–water partition coefficient (Wildman–Crippen LogP) is 2.28. The average molecular weight is 299 g/mol. The summed E-state index contributed by atoms with van der Waals surface area (Å²) in [5.74, 6) is 0.639. The van der Waals surface area contributed by atoms with Crippen molar-refractivity contribution in [1.82, 2.24) is 0 Å². The standard InChI is InChI=1S/C18H21NO3/c1-22-16-8-7-15-14(17(16)20)9-13(10-18(15,21)11-19)12-5-3-2-4-6-12/h2-8,13,20-21H,9-11,19H2,1H3. The van der Waals surface area contributed by atoms with Gasteiger partial charge in [0.15, 0.2) is 11.5 Å². The molecule has 0 bridgehead atoms. The number of methoxy groups -OCH3 is 1. The second-order valence-corrected chi connectivity index (χ2v) is 5.89. The zero-order valence-corrected chi connectivity index (χ0v) is 12.6. The smallest absolute Gasteiger partial charge is 0.161 e. The van der Waals surface area contributed by atoms with Gasteiger partial charge in [-0.25, -0.2) is 0 Å². The van der Waals surface area contributed by atoms with Gasteiger partial charge in [0.1, 0.15) is 5.60 Å². The summed E-state index contributed by atoms with van der Waals surface area (Å²) in [6.07, 6.45) is 1.21. The van der Waals surface area contributed by atoms with Crippen molar-refractivity contribution in [3.63, 3.8) is 0 Å². The molecule has 1 aliphatic carbocycles. The van der Waals surface area contributed by atoms with Gasteiger partial charge in [-0.2, -0.15) is 0 Å². The predicted molar refractivity (Wildman–Crippen MR) is 85.1 cm³/mol. The van der Waals surface area contributed by atoms with Crippen LogP contribution >= 0.6 is 0 Å². The van der Waals surface area contributed by atoms with Crippen molar-refractivity contribution in [2.45, 2.75) is 24.4 Å². The minimum absolute atomic E-state index is 0.104. The molecule has 4 N–H and O–H groups in total. The van der Waals surface area contributed by atoms with Gasteiger partial charge >= 0.3 is 0 Å². The maximum absolute atomic E-state index is 11.0. The third-order valence-corrected chi connectivity index (χ3v) is 4.61. The summed E-state index contributed by atoms with van der Waals surface area (Å²) >= 11 is 0. The molecule has 0 aromatic heterocycles. The molecule has 0 saturated carbocycles. The molecule has 3 rings (SSSR count). The van der Waals surface area contributed by atoms with Crippen molar-refractivity contribution in [2.24, 2.45) is 5.73 Å². The Bertz CT molecular complexity index is 672. The first-order valence-corrected chi connectivity index (χ1v) is 7.46. The molecule has 2 atom stereocenters. The molecule has 2 aromatic carbocycles. The lowest BCUT2D eigenvalue weighted by molar-refractivity contribution is 0.0208. The fourth-order valence-corrected chi connectivity index (χ4v) is 3.41. The number of benzene rings is 2. The van der Waals surface area contributed by atoms with Crippen LogP contribution in [0.5, 0.6) is 11.5 Å². The van der Waals surface area contributed by atoms with Crippen LogP contribution in [0.1, 0.15) is 29.0 Å². The first-order chi connectivity index (χ1) is 10.6. The van der Waals surface area contributed by atoms with Crippen LogP contribution in [0.4, 0.5) is 0 Å². The Morgan fingerprint density at radius 2 is 1.95 bits per heavy atom. The molecular formula is C18H21NO3. The first kappa shape index (κ1) is 14.9. The summed E-state index contributed by atoms with van der Waals surface area (Å²) in [6, 6.07) is 13.5. The van der Waals surface area contributed by atoms with E-state index in [2.05, 4.69) is 0 Å². The van der Waals surface area contributed by atoms with Crippen molar-refractivity contribution in [3.05, 3.63) is 59.2 Å². The number of fused-ring (bicyclic) bond motifs is 1. The molecule has 0 amide bonds. The lowest BCUT2D eigenvalue weighted by Gasteiger charge is -2.38. The molecule has 2 unspecified atom stereocenters. The number of nitrogens with two attached hydrogens (primary N) is 1. The Hall–Kier alpha value is -2.04. The largest absolute Gasteiger partial charge is 0.504 e. The zero-order chi connectivity index (χ0) is 15.7. The minimum Gasteiger partial charge on any atom is -0.504 e. The van der Waals surface area contributed by atoms with Crippen molar-refractivity contribution >= 4 is 0 Å². The number of aromatic hydroxyl groups is 1. The molecule has 0 spiro atoms. The summed E-state index contributed by atoms with van der Waals surface area (Å²) < 4.78 is 5.19. The maximum atomic E-state index is 11.0. The fraction of sp³-hybridized carbons (Fsp3) is 0.333. The SMILES string of the molecule is COc1ccc2c(c1O)CC(c1ccccc1)CC2(O)CN. The van der Waals surface area contributed by atoms with E-state index in [0.29, 0.717) is 24.2 Å². The van der Waals surface area contributed by atoms with E-state index in [1.807, 2.05) is 36.4 Å². The molecule has 22 heavy (non-hydrogen) atoms. The van der Waals surface area contributed by atoms with Gasteiger partial charge in [0.2, 0.25) is 0 Å². The number of ether oxygens (including phenoxy) is 1. The van der Waals surface area contributed by atoms with E-state index in [4.69, 9.17) is 10.5 Å². The second kappa shape index (κ2) is 5.63. The molecular weight excluding hydrogens is 278 g/mol. The summed E-state index contributed by atoms with van der Waals surface area (Å²) in [4.78, 5) is 0. The first-order valence-electron chi connectivity index (χ1n) is 7.46. The lowest BCUT2D eigenvalue weighted by Crippen LogP contribution is -2.40. The van der Waals surface area contributed by atoms with Crippen LogP contribution in [0, 0.1) is 0 Å². The van der Waals surface area contributed by atoms with Crippen molar-refractivity contribution < 1.29 is 14.9 Å². The molecule has 0 fully saturated rings. The summed E-state index contributed by atoms with van der Waals surface area (Å²) in [5, 5.41) is 21.4. The number of aliphatic hydroxyl groups is 1. The van der Waals surface area contributed by atoms with Gasteiger partial charge in [0.25, 0.3) is 0 Å². The van der Waals surface area contributed by atoms with E-state index in [1.165, 1.54) is 7.11 Å². The quantitative estimate of drug-likeness (QED) is 0.812. The van der Waals surface area contributed by atoms with E-state index < -0.39 is 5.60 Å². The zero-order valence-electron chi connectivity index (χ0n) is 12.6. The highest BCUT2D eigenvalue weighted by Gasteiger charge is 2.40. The van der Waals surface area contributed by atoms with Crippen molar-refractivity contribution in [2.75, 3.05) is 13.7 Å². The summed E-state index contributed by atoms with van der Waals surface area (Å²) in [6.45, 7) is 0.120. The Labute approximate surface area is 130 Å². The number of rotatable bonds is 3. The van der Waals surface area contributed by atoms with Crippen LogP contribution in [0.2, 0.25) is 0 Å². The third-order valence-electron chi connectivity index (χ3n) is 4.61. The minimum atomic E-state index is -1.13. The summed E-state index contributed by atoms with van der Waals surface area (Å²) in [5.41, 5.74) is 7.30. The second-order valence-electron chi connectivity index (χ2n) is 5.89.